The smallest absolute Gasteiger partial charge is 0.0454 e. The number of aromatic nitrogens is 1. The summed E-state index contributed by atoms with van der Waals surface area (Å²) in [4.78, 5) is 5.87. The first kappa shape index (κ1) is 19.0. The number of rotatable bonds is 5. The van der Waals surface area contributed by atoms with Crippen molar-refractivity contribution in [3.63, 3.8) is 0 Å². The zero-order valence-electron chi connectivity index (χ0n) is 12.8. The highest BCUT2D eigenvalue weighted by atomic mass is 35.5. The molecule has 1 atom stereocenters. The minimum Gasteiger partial charge on any atom is -0.361 e. The number of allylic oxidation sites excluding steroid dienone is 1. The standard InChI is InChI=1S/C17H23N3.2ClH/c1-2-3-4-17(20-11-9-18-10-12-20)15-5-6-16-14(13-15)7-8-19-16;;/h2,5-8,13,17-19H,1,3-4,9-12H2;2*1H/t17-;;/m0../s1. The first-order chi connectivity index (χ1) is 9.88. The van der Waals surface area contributed by atoms with Gasteiger partial charge >= 0.3 is 0 Å². The van der Waals surface area contributed by atoms with Gasteiger partial charge in [0.25, 0.3) is 0 Å². The average molecular weight is 342 g/mol. The molecule has 1 aromatic heterocycles. The fourth-order valence-corrected chi connectivity index (χ4v) is 3.11. The van der Waals surface area contributed by atoms with Crippen LogP contribution in [0.5, 0.6) is 0 Å². The molecule has 1 aromatic carbocycles. The molecule has 0 radical (unpaired) electrons. The van der Waals surface area contributed by atoms with Crippen molar-refractivity contribution < 1.29 is 0 Å². The molecule has 2 aromatic rings. The van der Waals surface area contributed by atoms with Crippen LogP contribution in [0, 0.1) is 0 Å². The molecule has 2 N–H and O–H groups in total. The van der Waals surface area contributed by atoms with Gasteiger partial charge in [0, 0.05) is 43.9 Å². The lowest BCUT2D eigenvalue weighted by molar-refractivity contribution is 0.166. The van der Waals surface area contributed by atoms with E-state index in [1.165, 1.54) is 16.5 Å². The van der Waals surface area contributed by atoms with Crippen molar-refractivity contribution in [2.24, 2.45) is 0 Å². The first-order valence-electron chi connectivity index (χ1n) is 7.51. The van der Waals surface area contributed by atoms with E-state index in [0.29, 0.717) is 6.04 Å². The summed E-state index contributed by atoms with van der Waals surface area (Å²) in [6, 6.07) is 9.47. The number of hydrogen-bond acceptors (Lipinski definition) is 2. The van der Waals surface area contributed by atoms with Gasteiger partial charge in [-0.1, -0.05) is 12.1 Å². The molecule has 122 valence electrons. The van der Waals surface area contributed by atoms with E-state index in [1.54, 1.807) is 0 Å². The van der Waals surface area contributed by atoms with Gasteiger partial charge < -0.3 is 10.3 Å². The van der Waals surface area contributed by atoms with Crippen molar-refractivity contribution in [2.75, 3.05) is 26.2 Å². The van der Waals surface area contributed by atoms with Crippen LogP contribution < -0.4 is 5.32 Å². The van der Waals surface area contributed by atoms with Crippen LogP contribution in [-0.2, 0) is 0 Å². The fourth-order valence-electron chi connectivity index (χ4n) is 3.11. The van der Waals surface area contributed by atoms with Crippen LogP contribution in [0.1, 0.15) is 24.4 Å². The summed E-state index contributed by atoms with van der Waals surface area (Å²) in [5, 5.41) is 4.74. The minimum absolute atomic E-state index is 0. The molecule has 0 aliphatic carbocycles. The van der Waals surface area contributed by atoms with Crippen molar-refractivity contribution in [3.8, 4) is 0 Å². The minimum atomic E-state index is 0. The number of aromatic amines is 1. The Labute approximate surface area is 145 Å². The van der Waals surface area contributed by atoms with Gasteiger partial charge in [0.05, 0.1) is 0 Å². The number of hydrogen-bond donors (Lipinski definition) is 2. The van der Waals surface area contributed by atoms with E-state index in [4.69, 9.17) is 0 Å². The highest BCUT2D eigenvalue weighted by Crippen LogP contribution is 2.28. The third kappa shape index (κ3) is 4.26. The van der Waals surface area contributed by atoms with E-state index in [1.807, 2.05) is 12.3 Å². The lowest BCUT2D eigenvalue weighted by atomic mass is 9.98. The zero-order valence-corrected chi connectivity index (χ0v) is 14.4. The summed E-state index contributed by atoms with van der Waals surface area (Å²) < 4.78 is 0. The predicted octanol–water partition coefficient (Wildman–Crippen LogP) is 3.92. The second-order valence-corrected chi connectivity index (χ2v) is 5.49. The molecule has 0 saturated carbocycles. The van der Waals surface area contributed by atoms with Crippen molar-refractivity contribution in [2.45, 2.75) is 18.9 Å². The molecule has 0 amide bonds. The van der Waals surface area contributed by atoms with Crippen LogP contribution >= 0.6 is 24.8 Å². The number of H-pyrrole nitrogens is 1. The molecule has 1 aliphatic heterocycles. The Bertz CT molecular complexity index is 576. The van der Waals surface area contributed by atoms with E-state index in [2.05, 4.69) is 46.0 Å². The summed E-state index contributed by atoms with van der Waals surface area (Å²) in [6.45, 7) is 8.33. The Morgan fingerprint density at radius 2 is 1.95 bits per heavy atom. The molecule has 1 aliphatic rings. The molecule has 1 fully saturated rings. The molecule has 3 rings (SSSR count). The normalized spacial score (nSPS) is 16.5. The molecule has 0 bridgehead atoms. The Kier molecular flexibility index (Phi) is 7.97. The van der Waals surface area contributed by atoms with Crippen LogP contribution in [0.2, 0.25) is 0 Å². The van der Waals surface area contributed by atoms with Crippen LogP contribution in [0.25, 0.3) is 10.9 Å². The monoisotopic (exact) mass is 341 g/mol. The number of benzene rings is 1. The Hall–Kier alpha value is -1.000. The Morgan fingerprint density at radius 1 is 1.18 bits per heavy atom. The lowest BCUT2D eigenvalue weighted by Gasteiger charge is -2.35. The Morgan fingerprint density at radius 3 is 2.68 bits per heavy atom. The third-order valence-electron chi connectivity index (χ3n) is 4.20. The van der Waals surface area contributed by atoms with Gasteiger partial charge in [0.15, 0.2) is 0 Å². The number of nitrogens with one attached hydrogen (secondary N) is 2. The molecular weight excluding hydrogens is 317 g/mol. The topological polar surface area (TPSA) is 31.1 Å². The van der Waals surface area contributed by atoms with Gasteiger partial charge in [-0.3, -0.25) is 4.90 Å². The molecular formula is C17H25Cl2N3. The maximum Gasteiger partial charge on any atom is 0.0454 e. The van der Waals surface area contributed by atoms with E-state index in [0.717, 1.165) is 39.0 Å². The molecule has 3 nitrogen and oxygen atoms in total. The van der Waals surface area contributed by atoms with Gasteiger partial charge in [0.2, 0.25) is 0 Å². The molecule has 2 heterocycles. The predicted molar refractivity (Wildman–Crippen MR) is 99.4 cm³/mol. The molecule has 5 heteroatoms. The Balaban J connectivity index is 0.00000121. The summed E-state index contributed by atoms with van der Waals surface area (Å²) in [6.07, 6.45) is 6.27. The maximum atomic E-state index is 3.88. The quantitative estimate of drug-likeness (QED) is 0.807. The zero-order chi connectivity index (χ0) is 13.8. The molecule has 0 spiro atoms. The van der Waals surface area contributed by atoms with Gasteiger partial charge in [0.1, 0.15) is 0 Å². The van der Waals surface area contributed by atoms with Crippen LogP contribution in [0.3, 0.4) is 0 Å². The second kappa shape index (κ2) is 9.21. The largest absolute Gasteiger partial charge is 0.361 e. The number of fused-ring (bicyclic) bond motifs is 1. The molecule has 0 unspecified atom stereocenters. The summed E-state index contributed by atoms with van der Waals surface area (Å²) in [5.41, 5.74) is 2.65. The number of nitrogens with zero attached hydrogens (tertiary/aromatic N) is 1. The van der Waals surface area contributed by atoms with Crippen LogP contribution in [0.15, 0.2) is 43.1 Å². The van der Waals surface area contributed by atoms with Gasteiger partial charge in [-0.25, -0.2) is 0 Å². The number of halogens is 2. The summed E-state index contributed by atoms with van der Waals surface area (Å²) >= 11 is 0. The van der Waals surface area contributed by atoms with E-state index >= 15 is 0 Å². The van der Waals surface area contributed by atoms with E-state index < -0.39 is 0 Å². The van der Waals surface area contributed by atoms with Gasteiger partial charge in [-0.05, 0) is 42.0 Å². The SMILES string of the molecule is C=CCC[C@@H](c1ccc2[nH]ccc2c1)N1CCNCC1.Cl.Cl. The van der Waals surface area contributed by atoms with E-state index in [-0.39, 0.29) is 24.8 Å². The molecule has 22 heavy (non-hydrogen) atoms. The average Bonchev–Trinajstić information content (AvgIpc) is 2.96. The fraction of sp³-hybridized carbons (Fsp3) is 0.412. The first-order valence-corrected chi connectivity index (χ1v) is 7.51. The van der Waals surface area contributed by atoms with Crippen molar-refractivity contribution >= 4 is 35.7 Å². The van der Waals surface area contributed by atoms with Gasteiger partial charge in [-0.2, -0.15) is 0 Å². The highest BCUT2D eigenvalue weighted by Gasteiger charge is 2.21. The third-order valence-corrected chi connectivity index (χ3v) is 4.20. The molecule has 1 saturated heterocycles. The van der Waals surface area contributed by atoms with Crippen molar-refractivity contribution in [3.05, 3.63) is 48.7 Å². The lowest BCUT2D eigenvalue weighted by Crippen LogP contribution is -2.45. The number of piperazine rings is 1. The van der Waals surface area contributed by atoms with E-state index in [9.17, 15) is 0 Å². The summed E-state index contributed by atoms with van der Waals surface area (Å²) in [7, 11) is 0. The van der Waals surface area contributed by atoms with Crippen molar-refractivity contribution in [1.29, 1.82) is 0 Å². The van der Waals surface area contributed by atoms with Gasteiger partial charge in [-0.15, -0.1) is 31.4 Å². The van der Waals surface area contributed by atoms with Crippen LogP contribution in [-0.4, -0.2) is 36.1 Å². The second-order valence-electron chi connectivity index (χ2n) is 5.49. The maximum absolute atomic E-state index is 3.88. The summed E-state index contributed by atoms with van der Waals surface area (Å²) in [5.74, 6) is 0. The van der Waals surface area contributed by atoms with Crippen molar-refractivity contribution in [1.82, 2.24) is 15.2 Å². The highest BCUT2D eigenvalue weighted by molar-refractivity contribution is 5.85. The van der Waals surface area contributed by atoms with Crippen LogP contribution in [0.4, 0.5) is 0 Å².